The fraction of sp³-hybridized carbons (Fsp3) is 0. The maximum Gasteiger partial charge on any atom is 0.211 e. The first-order chi connectivity index (χ1) is 15.0. The number of rotatable bonds is 6. The quantitative estimate of drug-likeness (QED) is 0.215. The zero-order valence-corrected chi connectivity index (χ0v) is 17.9. The van der Waals surface area contributed by atoms with E-state index in [1.165, 1.54) is 0 Å². The molecule has 0 atom stereocenters. The van der Waals surface area contributed by atoms with Crippen molar-refractivity contribution in [3.63, 3.8) is 0 Å². The van der Waals surface area contributed by atoms with Gasteiger partial charge < -0.3 is 21.4 Å². The van der Waals surface area contributed by atoms with Crippen LogP contribution in [0.4, 0.5) is 22.9 Å². The van der Waals surface area contributed by atoms with Gasteiger partial charge in [-0.3, -0.25) is 4.79 Å². The third-order valence-electron chi connectivity index (χ3n) is 4.67. The highest BCUT2D eigenvalue weighted by Crippen LogP contribution is 2.31. The second-order valence-electron chi connectivity index (χ2n) is 6.81. The fourth-order valence-corrected chi connectivity index (χ4v) is 3.61. The molecule has 0 saturated heterocycles. The molecule has 0 radical (unpaired) electrons. The molecule has 0 saturated carbocycles. The first-order valence-electron chi connectivity index (χ1n) is 9.53. The van der Waals surface area contributed by atoms with E-state index in [1.54, 1.807) is 24.3 Å². The van der Waals surface area contributed by atoms with E-state index >= 15 is 0 Å². The summed E-state index contributed by atoms with van der Waals surface area (Å²) in [5.74, 6) is 0.304. The summed E-state index contributed by atoms with van der Waals surface area (Å²) in [5.41, 5.74) is 9.63. The Morgan fingerprint density at radius 2 is 1.48 bits per heavy atom. The topological polar surface area (TPSA) is 82.9 Å². The Hall–Kier alpha value is -3.61. The van der Waals surface area contributed by atoms with Gasteiger partial charge in [0.1, 0.15) is 16.5 Å². The van der Waals surface area contributed by atoms with Crippen molar-refractivity contribution in [1.82, 2.24) is 4.98 Å². The summed E-state index contributed by atoms with van der Waals surface area (Å²) < 4.78 is 0. The van der Waals surface area contributed by atoms with Gasteiger partial charge in [-0.15, -0.1) is 0 Å². The highest BCUT2D eigenvalue weighted by atomic mass is 35.5. The number of halogens is 1. The van der Waals surface area contributed by atoms with Crippen molar-refractivity contribution in [3.05, 3.63) is 107 Å². The molecular formula is C24H19ClN4OS. The second kappa shape index (κ2) is 9.04. The molecule has 4 aromatic rings. The molecule has 0 aliphatic rings. The van der Waals surface area contributed by atoms with Crippen LogP contribution in [0.5, 0.6) is 0 Å². The van der Waals surface area contributed by atoms with Crippen LogP contribution >= 0.6 is 23.8 Å². The van der Waals surface area contributed by atoms with Gasteiger partial charge >= 0.3 is 0 Å². The molecule has 5 N–H and O–H groups in total. The van der Waals surface area contributed by atoms with Gasteiger partial charge in [0.2, 0.25) is 5.78 Å². The van der Waals surface area contributed by atoms with E-state index in [4.69, 9.17) is 29.6 Å². The molecule has 0 aliphatic carbocycles. The number of carbonyl (C=O) groups excluding carboxylic acids is 1. The molecule has 4 rings (SSSR count). The minimum absolute atomic E-state index is 0.217. The zero-order valence-electron chi connectivity index (χ0n) is 16.4. The number of aromatic amines is 1. The maximum absolute atomic E-state index is 13.1. The van der Waals surface area contributed by atoms with Crippen LogP contribution in [0.15, 0.2) is 84.9 Å². The summed E-state index contributed by atoms with van der Waals surface area (Å²) in [6.45, 7) is 0. The molecule has 7 heteroatoms. The lowest BCUT2D eigenvalue weighted by Crippen LogP contribution is -2.14. The van der Waals surface area contributed by atoms with Crippen molar-refractivity contribution >= 4 is 57.5 Å². The Bertz CT molecular complexity index is 1220. The van der Waals surface area contributed by atoms with E-state index in [-0.39, 0.29) is 17.2 Å². The van der Waals surface area contributed by atoms with Crippen molar-refractivity contribution in [2.75, 3.05) is 16.4 Å². The number of para-hydroxylation sites is 1. The average Bonchev–Trinajstić information content (AvgIpc) is 3.12. The van der Waals surface area contributed by atoms with Gasteiger partial charge in [-0.2, -0.15) is 0 Å². The molecule has 31 heavy (non-hydrogen) atoms. The number of H-pyrrole nitrogens is 1. The molecule has 0 unspecified atom stereocenters. The van der Waals surface area contributed by atoms with Gasteiger partial charge in [0, 0.05) is 22.0 Å². The molecule has 5 nitrogen and oxygen atoms in total. The molecule has 1 heterocycles. The number of thiocarbonyl (C=S) groups is 1. The number of ketones is 1. The second-order valence-corrected chi connectivity index (χ2v) is 7.66. The lowest BCUT2D eigenvalue weighted by Gasteiger charge is -2.11. The molecule has 0 amide bonds. The largest absolute Gasteiger partial charge is 0.396 e. The fourth-order valence-electron chi connectivity index (χ4n) is 3.15. The maximum atomic E-state index is 13.1. The number of hydrogen-bond donors (Lipinski definition) is 4. The highest BCUT2D eigenvalue weighted by Gasteiger charge is 2.24. The number of benzene rings is 3. The highest BCUT2D eigenvalue weighted by molar-refractivity contribution is 7.81. The van der Waals surface area contributed by atoms with Gasteiger partial charge in [-0.05, 0) is 36.4 Å². The number of aromatic nitrogens is 1. The zero-order chi connectivity index (χ0) is 21.8. The molecule has 154 valence electrons. The average molecular weight is 447 g/mol. The number of anilines is 4. The van der Waals surface area contributed by atoms with E-state index in [1.807, 2.05) is 60.7 Å². The van der Waals surface area contributed by atoms with Crippen LogP contribution in [0.25, 0.3) is 0 Å². The van der Waals surface area contributed by atoms with Gasteiger partial charge in [0.15, 0.2) is 0 Å². The number of nitrogen functional groups attached to an aromatic ring is 1. The standard InChI is InChI=1S/C24H19ClN4OS/c25-16-11-13-18(14-12-16)27-23-19(24(31)28-17-9-5-2-6-10-17)20(26)21(29-23)22(30)15-7-3-1-4-8-15/h1-14,27,29H,26H2,(H,28,31). The van der Waals surface area contributed by atoms with Crippen molar-refractivity contribution in [2.24, 2.45) is 0 Å². The predicted octanol–water partition coefficient (Wildman–Crippen LogP) is 6.01. The van der Waals surface area contributed by atoms with Crippen LogP contribution in [0, 0.1) is 0 Å². The molecule has 0 spiro atoms. The molecule has 0 bridgehead atoms. The molecule has 0 fully saturated rings. The minimum Gasteiger partial charge on any atom is -0.396 e. The van der Waals surface area contributed by atoms with E-state index in [0.717, 1.165) is 11.4 Å². The molecule has 1 aromatic heterocycles. The summed E-state index contributed by atoms with van der Waals surface area (Å²) >= 11 is 11.6. The minimum atomic E-state index is -0.217. The summed E-state index contributed by atoms with van der Waals surface area (Å²) in [4.78, 5) is 16.6. The van der Waals surface area contributed by atoms with E-state index in [0.29, 0.717) is 27.0 Å². The number of nitrogens with two attached hydrogens (primary N) is 1. The molecular weight excluding hydrogens is 428 g/mol. The summed E-state index contributed by atoms with van der Waals surface area (Å²) in [7, 11) is 0. The normalized spacial score (nSPS) is 10.5. The number of hydrogen-bond acceptors (Lipinski definition) is 4. The van der Waals surface area contributed by atoms with Gasteiger partial charge in [-0.1, -0.05) is 72.3 Å². The van der Waals surface area contributed by atoms with Gasteiger partial charge in [0.05, 0.1) is 11.3 Å². The third kappa shape index (κ3) is 4.60. The molecule has 3 aromatic carbocycles. The van der Waals surface area contributed by atoms with Crippen LogP contribution in [-0.2, 0) is 0 Å². The number of nitrogens with one attached hydrogen (secondary N) is 3. The van der Waals surface area contributed by atoms with E-state index in [2.05, 4.69) is 15.6 Å². The van der Waals surface area contributed by atoms with E-state index < -0.39 is 0 Å². The van der Waals surface area contributed by atoms with Crippen LogP contribution in [0.3, 0.4) is 0 Å². The van der Waals surface area contributed by atoms with Crippen molar-refractivity contribution in [2.45, 2.75) is 0 Å². The summed E-state index contributed by atoms with van der Waals surface area (Å²) in [6, 6.07) is 25.7. The van der Waals surface area contributed by atoms with Crippen LogP contribution in [-0.4, -0.2) is 15.8 Å². The summed E-state index contributed by atoms with van der Waals surface area (Å²) in [5, 5.41) is 7.07. The number of carbonyl (C=O) groups is 1. The van der Waals surface area contributed by atoms with Crippen LogP contribution in [0.1, 0.15) is 21.6 Å². The van der Waals surface area contributed by atoms with Crippen LogP contribution in [0.2, 0.25) is 5.02 Å². The van der Waals surface area contributed by atoms with Crippen molar-refractivity contribution in [1.29, 1.82) is 0 Å². The first-order valence-corrected chi connectivity index (χ1v) is 10.3. The van der Waals surface area contributed by atoms with Gasteiger partial charge in [-0.25, -0.2) is 0 Å². The predicted molar refractivity (Wildman–Crippen MR) is 132 cm³/mol. The monoisotopic (exact) mass is 446 g/mol. The SMILES string of the molecule is Nc1c(C(=O)c2ccccc2)[nH]c(Nc2ccc(Cl)cc2)c1C(=S)Nc1ccccc1. The van der Waals surface area contributed by atoms with Gasteiger partial charge in [0.25, 0.3) is 0 Å². The van der Waals surface area contributed by atoms with Crippen LogP contribution < -0.4 is 16.4 Å². The Labute approximate surface area is 190 Å². The Morgan fingerprint density at radius 1 is 0.871 bits per heavy atom. The lowest BCUT2D eigenvalue weighted by molar-refractivity contribution is 0.103. The van der Waals surface area contributed by atoms with Crippen molar-refractivity contribution in [3.8, 4) is 0 Å². The summed E-state index contributed by atoms with van der Waals surface area (Å²) in [6.07, 6.45) is 0. The van der Waals surface area contributed by atoms with Crippen molar-refractivity contribution < 1.29 is 4.79 Å². The Kier molecular flexibility index (Phi) is 6.02. The lowest BCUT2D eigenvalue weighted by atomic mass is 10.1. The smallest absolute Gasteiger partial charge is 0.211 e. The van der Waals surface area contributed by atoms with E-state index in [9.17, 15) is 4.79 Å². The Morgan fingerprint density at radius 3 is 2.13 bits per heavy atom. The molecule has 0 aliphatic heterocycles. The Balaban J connectivity index is 1.74. The third-order valence-corrected chi connectivity index (χ3v) is 5.23. The first kappa shape index (κ1) is 20.7.